The zero-order valence-electron chi connectivity index (χ0n) is 11.4. The highest BCUT2D eigenvalue weighted by molar-refractivity contribution is 5.77. The van der Waals surface area contributed by atoms with Crippen LogP contribution in [0.3, 0.4) is 0 Å². The molecule has 2 rings (SSSR count). The summed E-state index contributed by atoms with van der Waals surface area (Å²) >= 11 is 0. The average molecular weight is 239 g/mol. The van der Waals surface area contributed by atoms with Crippen molar-refractivity contribution in [3.63, 3.8) is 0 Å². The molecule has 94 valence electrons. The molecule has 0 amide bonds. The van der Waals surface area contributed by atoms with Crippen LogP contribution < -0.4 is 5.32 Å². The molecule has 1 aromatic rings. The first-order valence-electron chi connectivity index (χ1n) is 6.44. The van der Waals surface area contributed by atoms with E-state index in [0.29, 0.717) is 0 Å². The van der Waals surface area contributed by atoms with E-state index in [1.54, 1.807) is 0 Å². The van der Waals surface area contributed by atoms with Gasteiger partial charge in [-0.15, -0.1) is 0 Å². The van der Waals surface area contributed by atoms with Gasteiger partial charge in [0.25, 0.3) is 0 Å². The van der Waals surface area contributed by atoms with Crippen molar-refractivity contribution in [1.82, 2.24) is 5.32 Å². The first kappa shape index (κ1) is 12.8. The fraction of sp³-hybridized carbons (Fsp3) is 0.294. The molecule has 0 saturated carbocycles. The van der Waals surface area contributed by atoms with Gasteiger partial charge in [0.05, 0.1) is 0 Å². The van der Waals surface area contributed by atoms with E-state index in [0.717, 1.165) is 6.54 Å². The van der Waals surface area contributed by atoms with Crippen molar-refractivity contribution < 1.29 is 0 Å². The van der Waals surface area contributed by atoms with E-state index < -0.39 is 0 Å². The predicted octanol–water partition coefficient (Wildman–Crippen LogP) is 3.94. The van der Waals surface area contributed by atoms with E-state index in [4.69, 9.17) is 0 Å². The van der Waals surface area contributed by atoms with Gasteiger partial charge in [0.15, 0.2) is 0 Å². The van der Waals surface area contributed by atoms with E-state index in [9.17, 15) is 0 Å². The minimum Gasteiger partial charge on any atom is -0.316 e. The van der Waals surface area contributed by atoms with E-state index in [1.165, 1.54) is 16.7 Å². The lowest BCUT2D eigenvalue weighted by Gasteiger charge is -2.13. The third-order valence-corrected chi connectivity index (χ3v) is 3.19. The number of nitrogens with one attached hydrogen (secondary N) is 1. The minimum absolute atomic E-state index is 0.135. The van der Waals surface area contributed by atoms with E-state index in [2.05, 4.69) is 73.8 Å². The largest absolute Gasteiger partial charge is 0.316 e. The molecule has 0 aromatic heterocycles. The van der Waals surface area contributed by atoms with Crippen molar-refractivity contribution in [3.05, 3.63) is 65.8 Å². The second kappa shape index (κ2) is 5.36. The Morgan fingerprint density at radius 2 is 1.89 bits per heavy atom. The maximum absolute atomic E-state index is 3.23. The van der Waals surface area contributed by atoms with Crippen LogP contribution >= 0.6 is 0 Å². The van der Waals surface area contributed by atoms with Crippen molar-refractivity contribution in [2.45, 2.75) is 20.4 Å². The third-order valence-electron chi connectivity index (χ3n) is 3.19. The molecule has 0 spiro atoms. The quantitative estimate of drug-likeness (QED) is 0.842. The molecule has 0 atom stereocenters. The molecular formula is C17H21N. The highest BCUT2D eigenvalue weighted by Crippen LogP contribution is 2.28. The van der Waals surface area contributed by atoms with E-state index in [-0.39, 0.29) is 5.41 Å². The molecule has 0 radical (unpaired) electrons. The molecule has 1 aliphatic rings. The van der Waals surface area contributed by atoms with Crippen LogP contribution in [0.1, 0.15) is 25.0 Å². The Morgan fingerprint density at radius 1 is 1.11 bits per heavy atom. The van der Waals surface area contributed by atoms with Gasteiger partial charge in [-0.3, -0.25) is 0 Å². The summed E-state index contributed by atoms with van der Waals surface area (Å²) in [7, 11) is 1.98. The fourth-order valence-electron chi connectivity index (χ4n) is 2.14. The van der Waals surface area contributed by atoms with Gasteiger partial charge in [-0.1, -0.05) is 68.5 Å². The predicted molar refractivity (Wildman–Crippen MR) is 79.2 cm³/mol. The normalized spacial score (nSPS) is 17.4. The molecular weight excluding hydrogens is 218 g/mol. The topological polar surface area (TPSA) is 12.0 Å². The fourth-order valence-corrected chi connectivity index (χ4v) is 2.14. The molecule has 1 aliphatic carbocycles. The van der Waals surface area contributed by atoms with Crippen molar-refractivity contribution in [2.75, 3.05) is 7.05 Å². The van der Waals surface area contributed by atoms with Gasteiger partial charge in [0, 0.05) is 12.0 Å². The van der Waals surface area contributed by atoms with Crippen LogP contribution in [-0.4, -0.2) is 7.05 Å². The van der Waals surface area contributed by atoms with Gasteiger partial charge < -0.3 is 5.32 Å². The summed E-state index contributed by atoms with van der Waals surface area (Å²) in [5.41, 5.74) is 4.06. The van der Waals surface area contributed by atoms with Crippen LogP contribution in [0.2, 0.25) is 0 Å². The zero-order chi connectivity index (χ0) is 13.0. The van der Waals surface area contributed by atoms with Gasteiger partial charge >= 0.3 is 0 Å². The van der Waals surface area contributed by atoms with Crippen molar-refractivity contribution in [1.29, 1.82) is 0 Å². The Balaban J connectivity index is 2.38. The maximum Gasteiger partial charge on any atom is 0.0208 e. The van der Waals surface area contributed by atoms with Gasteiger partial charge in [-0.25, -0.2) is 0 Å². The van der Waals surface area contributed by atoms with Gasteiger partial charge in [0.2, 0.25) is 0 Å². The van der Waals surface area contributed by atoms with Crippen LogP contribution in [0.5, 0.6) is 0 Å². The highest BCUT2D eigenvalue weighted by atomic mass is 14.8. The van der Waals surface area contributed by atoms with Gasteiger partial charge in [-0.2, -0.15) is 0 Å². The van der Waals surface area contributed by atoms with E-state index >= 15 is 0 Å². The summed E-state index contributed by atoms with van der Waals surface area (Å²) in [6, 6.07) is 8.56. The smallest absolute Gasteiger partial charge is 0.0208 e. The van der Waals surface area contributed by atoms with E-state index in [1.807, 2.05) is 7.05 Å². The van der Waals surface area contributed by atoms with Crippen molar-refractivity contribution in [3.8, 4) is 0 Å². The summed E-state index contributed by atoms with van der Waals surface area (Å²) in [6.45, 7) is 5.33. The second-order valence-corrected chi connectivity index (χ2v) is 5.32. The van der Waals surface area contributed by atoms with Gasteiger partial charge in [-0.05, 0) is 23.7 Å². The molecule has 0 fully saturated rings. The Morgan fingerprint density at radius 3 is 2.67 bits per heavy atom. The minimum atomic E-state index is 0.135. The number of rotatable bonds is 3. The Kier molecular flexibility index (Phi) is 3.83. The highest BCUT2D eigenvalue weighted by Gasteiger charge is 2.12. The SMILES string of the molecule is CNCc1ccccc1C1=CC=CC(C)(C)C=C1. The molecule has 1 aromatic carbocycles. The Labute approximate surface area is 110 Å². The Hall–Kier alpha value is -1.60. The number of allylic oxidation sites excluding steroid dienone is 6. The maximum atomic E-state index is 3.23. The lowest BCUT2D eigenvalue weighted by molar-refractivity contribution is 0.627. The van der Waals surface area contributed by atoms with Crippen LogP contribution in [-0.2, 0) is 6.54 Å². The summed E-state index contributed by atoms with van der Waals surface area (Å²) in [6.07, 6.45) is 11.1. The number of hydrogen-bond acceptors (Lipinski definition) is 1. The molecule has 0 bridgehead atoms. The molecule has 1 N–H and O–H groups in total. The summed E-state index contributed by atoms with van der Waals surface area (Å²) in [5, 5.41) is 3.23. The first-order valence-corrected chi connectivity index (χ1v) is 6.44. The molecule has 1 nitrogen and oxygen atoms in total. The monoisotopic (exact) mass is 239 g/mol. The summed E-state index contributed by atoms with van der Waals surface area (Å²) in [4.78, 5) is 0. The summed E-state index contributed by atoms with van der Waals surface area (Å²) < 4.78 is 0. The van der Waals surface area contributed by atoms with Crippen LogP contribution in [0.25, 0.3) is 5.57 Å². The lowest BCUT2D eigenvalue weighted by Crippen LogP contribution is -2.07. The first-order chi connectivity index (χ1) is 8.62. The van der Waals surface area contributed by atoms with Crippen molar-refractivity contribution >= 4 is 5.57 Å². The van der Waals surface area contributed by atoms with Gasteiger partial charge in [0.1, 0.15) is 0 Å². The average Bonchev–Trinajstić information content (AvgIpc) is 2.52. The molecule has 0 aliphatic heterocycles. The standard InChI is InChI=1S/C17H21N/c1-17(2)11-6-8-14(10-12-17)16-9-5-4-7-15(16)13-18-3/h4-12,18H,13H2,1-3H3. The number of benzene rings is 1. The second-order valence-electron chi connectivity index (χ2n) is 5.32. The zero-order valence-corrected chi connectivity index (χ0v) is 11.4. The van der Waals surface area contributed by atoms with Crippen LogP contribution in [0, 0.1) is 5.41 Å². The molecule has 0 heterocycles. The molecule has 0 unspecified atom stereocenters. The Bertz CT molecular complexity index is 504. The van der Waals surface area contributed by atoms with Crippen molar-refractivity contribution in [2.24, 2.45) is 5.41 Å². The molecule has 0 saturated heterocycles. The van der Waals surface area contributed by atoms with Crippen LogP contribution in [0.15, 0.2) is 54.6 Å². The van der Waals surface area contributed by atoms with Crippen LogP contribution in [0.4, 0.5) is 0 Å². The lowest BCUT2D eigenvalue weighted by atomic mass is 9.92. The molecule has 1 heteroatoms. The third kappa shape index (κ3) is 2.99. The molecule has 18 heavy (non-hydrogen) atoms. The summed E-state index contributed by atoms with van der Waals surface area (Å²) in [5.74, 6) is 0. The number of hydrogen-bond donors (Lipinski definition) is 1.